The van der Waals surface area contributed by atoms with Crippen molar-refractivity contribution in [2.24, 2.45) is 0 Å². The summed E-state index contributed by atoms with van der Waals surface area (Å²) in [6.07, 6.45) is 2.17. The Hall–Kier alpha value is -2.52. The lowest BCUT2D eigenvalue weighted by Gasteiger charge is -2.10. The second kappa shape index (κ2) is 8.72. The summed E-state index contributed by atoms with van der Waals surface area (Å²) in [4.78, 5) is 22.1. The highest BCUT2D eigenvalue weighted by atomic mass is 32.2. The van der Waals surface area contributed by atoms with Crippen LogP contribution in [0.15, 0.2) is 41.4 Å². The summed E-state index contributed by atoms with van der Waals surface area (Å²) >= 11 is 1.31. The van der Waals surface area contributed by atoms with Crippen LogP contribution < -0.4 is 5.32 Å². The van der Waals surface area contributed by atoms with Gasteiger partial charge in [-0.3, -0.25) is 14.9 Å². The van der Waals surface area contributed by atoms with Crippen molar-refractivity contribution < 1.29 is 14.5 Å². The average molecular weight is 374 g/mol. The van der Waals surface area contributed by atoms with Gasteiger partial charge in [-0.15, -0.1) is 10.2 Å². The van der Waals surface area contributed by atoms with Gasteiger partial charge >= 0.3 is 0 Å². The van der Waals surface area contributed by atoms with Gasteiger partial charge in [-0.25, -0.2) is 0 Å². The van der Waals surface area contributed by atoms with Gasteiger partial charge in [0.2, 0.25) is 5.91 Å². The molecule has 0 bridgehead atoms. The average Bonchev–Trinajstić information content (AvgIpc) is 3.19. The van der Waals surface area contributed by atoms with Crippen molar-refractivity contribution in [1.29, 1.82) is 0 Å². The number of benzene rings is 1. The van der Waals surface area contributed by atoms with Gasteiger partial charge in [0, 0.05) is 30.8 Å². The first kappa shape index (κ1) is 18.3. The second-order valence-electron chi connectivity index (χ2n) is 5.79. The number of ether oxygens (including phenoxy) is 1. The molecule has 1 aliphatic heterocycles. The predicted molar refractivity (Wildman–Crippen MR) is 96.8 cm³/mol. The number of nitro benzene ring substituents is 1. The molecule has 0 spiro atoms. The van der Waals surface area contributed by atoms with E-state index in [4.69, 9.17) is 4.74 Å². The van der Waals surface area contributed by atoms with Crippen LogP contribution >= 0.6 is 11.8 Å². The van der Waals surface area contributed by atoms with E-state index >= 15 is 0 Å². The highest BCUT2D eigenvalue weighted by Gasteiger charge is 2.16. The first-order valence-electron chi connectivity index (χ1n) is 8.21. The Morgan fingerprint density at radius 2 is 2.08 bits per heavy atom. The highest BCUT2D eigenvalue weighted by molar-refractivity contribution is 7.99. The normalized spacial score (nSPS) is 16.4. The number of carbonyl (C=O) groups excluding carboxylic acids is 1. The number of nitrogens with zero attached hydrogens (tertiary/aromatic N) is 3. The molecule has 0 radical (unpaired) electrons. The van der Waals surface area contributed by atoms with Crippen LogP contribution in [0, 0.1) is 10.1 Å². The summed E-state index contributed by atoms with van der Waals surface area (Å²) < 4.78 is 5.46. The first-order valence-corrected chi connectivity index (χ1v) is 9.20. The summed E-state index contributed by atoms with van der Waals surface area (Å²) in [6.45, 7) is 1.32. The van der Waals surface area contributed by atoms with Crippen LogP contribution in [0.4, 0.5) is 5.69 Å². The summed E-state index contributed by atoms with van der Waals surface area (Å²) in [5.41, 5.74) is 1.39. The molecule has 1 aromatic heterocycles. The Labute approximate surface area is 154 Å². The summed E-state index contributed by atoms with van der Waals surface area (Å²) in [6, 6.07) is 9.68. The molecule has 3 rings (SSSR count). The number of aromatic nitrogens is 2. The van der Waals surface area contributed by atoms with Crippen molar-refractivity contribution in [3.05, 3.63) is 46.5 Å². The SMILES string of the molecule is O=C(CSc1ccc(-c2ccc([N+](=O)[O-])cc2)nn1)NC[C@@H]1CCCO1. The Kier molecular flexibility index (Phi) is 6.13. The molecule has 2 heterocycles. The molecule has 1 aromatic carbocycles. The third-order valence-electron chi connectivity index (χ3n) is 3.92. The number of amides is 1. The number of hydrogen-bond acceptors (Lipinski definition) is 7. The van der Waals surface area contributed by atoms with Gasteiger partial charge in [-0.05, 0) is 37.1 Å². The van der Waals surface area contributed by atoms with Crippen LogP contribution in [0.3, 0.4) is 0 Å². The Bertz CT molecular complexity index is 761. The van der Waals surface area contributed by atoms with Crippen molar-refractivity contribution in [2.75, 3.05) is 18.9 Å². The zero-order chi connectivity index (χ0) is 18.4. The molecule has 8 nitrogen and oxygen atoms in total. The molecule has 1 atom stereocenters. The molecular weight excluding hydrogens is 356 g/mol. The molecule has 9 heteroatoms. The summed E-state index contributed by atoms with van der Waals surface area (Å²) in [7, 11) is 0. The van der Waals surface area contributed by atoms with Gasteiger partial charge in [0.1, 0.15) is 5.03 Å². The zero-order valence-electron chi connectivity index (χ0n) is 14.0. The Morgan fingerprint density at radius 1 is 1.27 bits per heavy atom. The van der Waals surface area contributed by atoms with Gasteiger partial charge in [0.05, 0.1) is 22.5 Å². The molecular formula is C17H18N4O4S. The topological polar surface area (TPSA) is 107 Å². The van der Waals surface area contributed by atoms with E-state index in [1.165, 1.54) is 23.9 Å². The lowest BCUT2D eigenvalue weighted by Crippen LogP contribution is -2.32. The Morgan fingerprint density at radius 3 is 2.69 bits per heavy atom. The maximum Gasteiger partial charge on any atom is 0.269 e. The largest absolute Gasteiger partial charge is 0.376 e. The number of nitro groups is 1. The minimum Gasteiger partial charge on any atom is -0.376 e. The van der Waals surface area contributed by atoms with Crippen LogP contribution in [-0.2, 0) is 9.53 Å². The van der Waals surface area contributed by atoms with E-state index in [0.717, 1.165) is 25.0 Å². The third kappa shape index (κ3) is 4.99. The van der Waals surface area contributed by atoms with E-state index in [1.54, 1.807) is 24.3 Å². The maximum absolute atomic E-state index is 11.9. The summed E-state index contributed by atoms with van der Waals surface area (Å²) in [5, 5.41) is 22.4. The maximum atomic E-state index is 11.9. The van der Waals surface area contributed by atoms with E-state index in [9.17, 15) is 14.9 Å². The molecule has 0 aliphatic carbocycles. The lowest BCUT2D eigenvalue weighted by atomic mass is 10.1. The quantitative estimate of drug-likeness (QED) is 0.450. The van der Waals surface area contributed by atoms with Crippen molar-refractivity contribution in [1.82, 2.24) is 15.5 Å². The van der Waals surface area contributed by atoms with Gasteiger partial charge in [0.25, 0.3) is 5.69 Å². The molecule has 1 fully saturated rings. The zero-order valence-corrected chi connectivity index (χ0v) is 14.8. The van der Waals surface area contributed by atoms with Crippen LogP contribution in [0.1, 0.15) is 12.8 Å². The number of carbonyl (C=O) groups is 1. The number of rotatable bonds is 7. The third-order valence-corrected chi connectivity index (χ3v) is 4.84. The molecule has 1 aliphatic rings. The standard InChI is InChI=1S/C17H18N4O4S/c22-16(18-10-14-2-1-9-25-14)11-26-17-8-7-15(19-20-17)12-3-5-13(6-4-12)21(23)24/h3-8,14H,1-2,9-11H2,(H,18,22)/t14-/m0/s1. The van der Waals surface area contributed by atoms with E-state index in [-0.39, 0.29) is 23.5 Å². The van der Waals surface area contributed by atoms with Crippen LogP contribution in [0.25, 0.3) is 11.3 Å². The van der Waals surface area contributed by atoms with E-state index in [0.29, 0.717) is 17.3 Å². The fourth-order valence-corrected chi connectivity index (χ4v) is 3.17. The highest BCUT2D eigenvalue weighted by Crippen LogP contribution is 2.22. The summed E-state index contributed by atoms with van der Waals surface area (Å²) in [5.74, 6) is 0.199. The predicted octanol–water partition coefficient (Wildman–Crippen LogP) is 2.44. The molecule has 0 saturated carbocycles. The monoisotopic (exact) mass is 374 g/mol. The number of nitrogens with one attached hydrogen (secondary N) is 1. The fraction of sp³-hybridized carbons (Fsp3) is 0.353. The van der Waals surface area contributed by atoms with Crippen LogP contribution in [0.5, 0.6) is 0 Å². The van der Waals surface area contributed by atoms with Crippen molar-refractivity contribution in [3.63, 3.8) is 0 Å². The lowest BCUT2D eigenvalue weighted by molar-refractivity contribution is -0.384. The molecule has 1 N–H and O–H groups in total. The second-order valence-corrected chi connectivity index (χ2v) is 6.78. The fourth-order valence-electron chi connectivity index (χ4n) is 2.53. The molecule has 0 unspecified atom stereocenters. The van der Waals surface area contributed by atoms with E-state index < -0.39 is 4.92 Å². The number of hydrogen-bond donors (Lipinski definition) is 1. The van der Waals surface area contributed by atoms with Crippen molar-refractivity contribution >= 4 is 23.4 Å². The molecule has 136 valence electrons. The van der Waals surface area contributed by atoms with Gasteiger partial charge < -0.3 is 10.1 Å². The smallest absolute Gasteiger partial charge is 0.269 e. The van der Waals surface area contributed by atoms with E-state index in [2.05, 4.69) is 15.5 Å². The molecule has 26 heavy (non-hydrogen) atoms. The number of thioether (sulfide) groups is 1. The number of non-ortho nitro benzene ring substituents is 1. The van der Waals surface area contributed by atoms with Crippen molar-refractivity contribution in [3.8, 4) is 11.3 Å². The van der Waals surface area contributed by atoms with Crippen LogP contribution in [0.2, 0.25) is 0 Å². The van der Waals surface area contributed by atoms with Gasteiger partial charge in [-0.2, -0.15) is 0 Å². The molecule has 1 saturated heterocycles. The van der Waals surface area contributed by atoms with Gasteiger partial charge in [-0.1, -0.05) is 11.8 Å². The molecule has 1 amide bonds. The minimum absolute atomic E-state index is 0.0305. The first-order chi connectivity index (χ1) is 12.6. The van der Waals surface area contributed by atoms with Crippen molar-refractivity contribution in [2.45, 2.75) is 24.0 Å². The Balaban J connectivity index is 1.49. The van der Waals surface area contributed by atoms with Crippen LogP contribution in [-0.4, -0.2) is 46.0 Å². The van der Waals surface area contributed by atoms with E-state index in [1.807, 2.05) is 0 Å². The molecule has 2 aromatic rings. The minimum atomic E-state index is -0.445. The van der Waals surface area contributed by atoms with Gasteiger partial charge in [0.15, 0.2) is 0 Å².